The van der Waals surface area contributed by atoms with Crippen LogP contribution in [0.25, 0.3) is 0 Å². The van der Waals surface area contributed by atoms with Crippen LogP contribution in [0.5, 0.6) is 0 Å². The number of benzene rings is 1. The van der Waals surface area contributed by atoms with Crippen LogP contribution in [0.1, 0.15) is 17.3 Å². The molecule has 6 nitrogen and oxygen atoms in total. The maximum Gasteiger partial charge on any atom is 0.244 e. The van der Waals surface area contributed by atoms with Crippen molar-refractivity contribution in [3.63, 3.8) is 0 Å². The molecule has 0 aliphatic carbocycles. The zero-order valence-electron chi connectivity index (χ0n) is 14.1. The van der Waals surface area contributed by atoms with E-state index in [0.717, 1.165) is 0 Å². The number of carbonyl (C=O) groups is 1. The Bertz CT molecular complexity index is 707. The second-order valence-electron chi connectivity index (χ2n) is 6.00. The molecule has 1 amide bonds. The quantitative estimate of drug-likeness (QED) is 0.825. The minimum absolute atomic E-state index is 0.0989. The van der Waals surface area contributed by atoms with Crippen LogP contribution in [0.2, 0.25) is 0 Å². The molecule has 1 fully saturated rings. The standard InChI is InChI=1S/C18H21FN4O2/c1-22(13-16-12-20-5-6-21-16)18(24)17(23-7-9-25-10-8-23)14-3-2-4-15(19)11-14/h2-6,11-12,17H,7-10,13H2,1H3/t17-/m0/s1. The van der Waals surface area contributed by atoms with Crippen molar-refractivity contribution >= 4 is 5.91 Å². The van der Waals surface area contributed by atoms with Gasteiger partial charge in [0, 0.05) is 32.5 Å². The summed E-state index contributed by atoms with van der Waals surface area (Å²) >= 11 is 0. The van der Waals surface area contributed by atoms with Crippen LogP contribution in [0.15, 0.2) is 42.9 Å². The van der Waals surface area contributed by atoms with Crippen molar-refractivity contribution in [2.45, 2.75) is 12.6 Å². The number of amides is 1. The van der Waals surface area contributed by atoms with Crippen LogP contribution < -0.4 is 0 Å². The highest BCUT2D eigenvalue weighted by Crippen LogP contribution is 2.25. The zero-order chi connectivity index (χ0) is 17.6. The summed E-state index contributed by atoms with van der Waals surface area (Å²) in [4.78, 5) is 25.0. The van der Waals surface area contributed by atoms with Crippen molar-refractivity contribution in [1.82, 2.24) is 19.8 Å². The summed E-state index contributed by atoms with van der Waals surface area (Å²) in [5.41, 5.74) is 1.36. The predicted octanol–water partition coefficient (Wildman–Crippen LogP) is 1.65. The Hall–Kier alpha value is -2.38. The summed E-state index contributed by atoms with van der Waals surface area (Å²) in [5.74, 6) is -0.446. The Kier molecular flexibility index (Phi) is 5.67. The second kappa shape index (κ2) is 8.13. The third-order valence-electron chi connectivity index (χ3n) is 4.20. The topological polar surface area (TPSA) is 58.6 Å². The average Bonchev–Trinajstić information content (AvgIpc) is 2.64. The first-order valence-corrected chi connectivity index (χ1v) is 8.22. The van der Waals surface area contributed by atoms with E-state index >= 15 is 0 Å². The first-order valence-electron chi connectivity index (χ1n) is 8.22. The maximum atomic E-state index is 13.7. The minimum atomic E-state index is -0.540. The molecule has 0 unspecified atom stereocenters. The van der Waals surface area contributed by atoms with E-state index in [9.17, 15) is 9.18 Å². The number of likely N-dealkylation sites (N-methyl/N-ethyl adjacent to an activating group) is 1. The summed E-state index contributed by atoms with van der Waals surface area (Å²) in [5, 5.41) is 0. The van der Waals surface area contributed by atoms with Gasteiger partial charge < -0.3 is 9.64 Å². The van der Waals surface area contributed by atoms with Crippen LogP contribution in [-0.4, -0.2) is 59.0 Å². The second-order valence-corrected chi connectivity index (χ2v) is 6.00. The lowest BCUT2D eigenvalue weighted by molar-refractivity contribution is -0.138. The van der Waals surface area contributed by atoms with Crippen molar-refractivity contribution in [3.05, 3.63) is 59.9 Å². The van der Waals surface area contributed by atoms with Crippen LogP contribution >= 0.6 is 0 Å². The molecule has 1 saturated heterocycles. The number of halogens is 1. The predicted molar refractivity (Wildman–Crippen MR) is 90.0 cm³/mol. The lowest BCUT2D eigenvalue weighted by Gasteiger charge is -2.35. The molecule has 2 aromatic rings. The van der Waals surface area contributed by atoms with Crippen LogP contribution in [-0.2, 0) is 16.1 Å². The number of hydrogen-bond donors (Lipinski definition) is 0. The number of rotatable bonds is 5. The fourth-order valence-corrected chi connectivity index (χ4v) is 2.96. The highest BCUT2D eigenvalue weighted by molar-refractivity contribution is 5.83. The van der Waals surface area contributed by atoms with E-state index in [1.165, 1.54) is 12.1 Å². The summed E-state index contributed by atoms with van der Waals surface area (Å²) < 4.78 is 19.1. The van der Waals surface area contributed by atoms with Crippen LogP contribution in [0.3, 0.4) is 0 Å². The highest BCUT2D eigenvalue weighted by Gasteiger charge is 2.31. The third kappa shape index (κ3) is 4.37. The van der Waals surface area contributed by atoms with E-state index in [4.69, 9.17) is 4.74 Å². The van der Waals surface area contributed by atoms with E-state index in [1.807, 2.05) is 4.90 Å². The molecule has 0 bridgehead atoms. The average molecular weight is 344 g/mol. The molecular weight excluding hydrogens is 323 g/mol. The van der Waals surface area contributed by atoms with Crippen molar-refractivity contribution in [3.8, 4) is 0 Å². The van der Waals surface area contributed by atoms with Gasteiger partial charge in [0.15, 0.2) is 0 Å². The van der Waals surface area contributed by atoms with Gasteiger partial charge in [-0.2, -0.15) is 0 Å². The van der Waals surface area contributed by atoms with Gasteiger partial charge in [-0.15, -0.1) is 0 Å². The fourth-order valence-electron chi connectivity index (χ4n) is 2.96. The molecule has 2 heterocycles. The van der Waals surface area contributed by atoms with Gasteiger partial charge in [0.05, 0.1) is 31.6 Å². The zero-order valence-corrected chi connectivity index (χ0v) is 14.1. The normalized spacial score (nSPS) is 16.4. The van der Waals surface area contributed by atoms with Gasteiger partial charge in [-0.25, -0.2) is 4.39 Å². The Labute approximate surface area is 146 Å². The molecule has 0 radical (unpaired) electrons. The molecular formula is C18H21FN4O2. The molecule has 0 N–H and O–H groups in total. The Morgan fingerprint density at radius 3 is 2.84 bits per heavy atom. The lowest BCUT2D eigenvalue weighted by Crippen LogP contribution is -2.46. The number of ether oxygens (including phenoxy) is 1. The maximum absolute atomic E-state index is 13.7. The minimum Gasteiger partial charge on any atom is -0.379 e. The monoisotopic (exact) mass is 344 g/mol. The van der Waals surface area contributed by atoms with Crippen LogP contribution in [0, 0.1) is 5.82 Å². The SMILES string of the molecule is CN(Cc1cnccn1)C(=O)[C@H](c1cccc(F)c1)N1CCOCC1. The summed E-state index contributed by atoms with van der Waals surface area (Å²) in [6.07, 6.45) is 4.82. The molecule has 0 spiro atoms. The van der Waals surface area contributed by atoms with Crippen molar-refractivity contribution in [1.29, 1.82) is 0 Å². The summed E-state index contributed by atoms with van der Waals surface area (Å²) in [6, 6.07) is 5.69. The first-order chi connectivity index (χ1) is 12.1. The fraction of sp³-hybridized carbons (Fsp3) is 0.389. The molecule has 1 aliphatic heterocycles. The van der Waals surface area contributed by atoms with E-state index in [-0.39, 0.29) is 11.7 Å². The van der Waals surface area contributed by atoms with E-state index in [1.54, 1.807) is 42.7 Å². The van der Waals surface area contributed by atoms with Crippen molar-refractivity contribution in [2.24, 2.45) is 0 Å². The molecule has 3 rings (SSSR count). The van der Waals surface area contributed by atoms with Gasteiger partial charge >= 0.3 is 0 Å². The van der Waals surface area contributed by atoms with Gasteiger partial charge in [0.1, 0.15) is 11.9 Å². The molecule has 1 aliphatic rings. The van der Waals surface area contributed by atoms with Gasteiger partial charge in [0.25, 0.3) is 0 Å². The van der Waals surface area contributed by atoms with Gasteiger partial charge in [-0.05, 0) is 17.7 Å². The molecule has 1 aromatic carbocycles. The number of carbonyl (C=O) groups excluding carboxylic acids is 1. The van der Waals surface area contributed by atoms with Crippen molar-refractivity contribution in [2.75, 3.05) is 33.4 Å². The van der Waals surface area contributed by atoms with Gasteiger partial charge in [-0.1, -0.05) is 12.1 Å². The third-order valence-corrected chi connectivity index (χ3v) is 4.20. The summed E-state index contributed by atoms with van der Waals surface area (Å²) in [7, 11) is 1.73. The van der Waals surface area contributed by atoms with E-state index < -0.39 is 6.04 Å². The number of morpholine rings is 1. The Balaban J connectivity index is 1.83. The van der Waals surface area contributed by atoms with Gasteiger partial charge in [0.2, 0.25) is 5.91 Å². The largest absolute Gasteiger partial charge is 0.379 e. The number of nitrogens with zero attached hydrogens (tertiary/aromatic N) is 4. The Morgan fingerprint density at radius 1 is 1.36 bits per heavy atom. The lowest BCUT2D eigenvalue weighted by atomic mass is 10.0. The number of hydrogen-bond acceptors (Lipinski definition) is 5. The molecule has 1 atom stereocenters. The number of aromatic nitrogens is 2. The van der Waals surface area contributed by atoms with Crippen LogP contribution in [0.4, 0.5) is 4.39 Å². The smallest absolute Gasteiger partial charge is 0.244 e. The van der Waals surface area contributed by atoms with E-state index in [0.29, 0.717) is 44.1 Å². The molecule has 132 valence electrons. The molecule has 25 heavy (non-hydrogen) atoms. The van der Waals surface area contributed by atoms with E-state index in [2.05, 4.69) is 9.97 Å². The molecule has 7 heteroatoms. The highest BCUT2D eigenvalue weighted by atomic mass is 19.1. The molecule has 0 saturated carbocycles. The summed E-state index contributed by atoms with van der Waals surface area (Å²) in [6.45, 7) is 2.74. The van der Waals surface area contributed by atoms with Gasteiger partial charge in [-0.3, -0.25) is 19.7 Å². The van der Waals surface area contributed by atoms with Crippen molar-refractivity contribution < 1.29 is 13.9 Å². The first kappa shape index (κ1) is 17.4. The molecule has 1 aromatic heterocycles. The Morgan fingerprint density at radius 2 is 2.16 bits per heavy atom.